The molecule has 0 spiro atoms. The first kappa shape index (κ1) is 14.1. The van der Waals surface area contributed by atoms with Gasteiger partial charge in [0.1, 0.15) is 9.84 Å². The number of sulfone groups is 1. The zero-order valence-electron chi connectivity index (χ0n) is 11.1. The Kier molecular flexibility index (Phi) is 4.49. The average molecular weight is 272 g/mol. The molecule has 3 nitrogen and oxygen atoms in total. The lowest BCUT2D eigenvalue weighted by molar-refractivity contribution is 0.210. The lowest BCUT2D eigenvalue weighted by Gasteiger charge is -2.30. The fraction of sp³-hybridized carbons (Fsp3) is 0.857. The third-order valence-electron chi connectivity index (χ3n) is 4.38. The van der Waals surface area contributed by atoms with E-state index >= 15 is 0 Å². The SMILES string of the molecule is CS(=O)(=O)C1CCCC(C2=CC(O)CCCC2)C1. The predicted molar refractivity (Wildman–Crippen MR) is 73.1 cm³/mol. The van der Waals surface area contributed by atoms with Crippen molar-refractivity contribution in [1.29, 1.82) is 0 Å². The molecule has 0 aromatic heterocycles. The van der Waals surface area contributed by atoms with E-state index in [2.05, 4.69) is 0 Å². The molecule has 0 saturated heterocycles. The van der Waals surface area contributed by atoms with Crippen molar-refractivity contribution < 1.29 is 13.5 Å². The van der Waals surface area contributed by atoms with E-state index in [1.807, 2.05) is 6.08 Å². The molecular formula is C14H24O3S. The standard InChI is InChI=1S/C14H24O3S/c1-18(16,17)14-8-4-6-12(10-14)11-5-2-3-7-13(15)9-11/h9,12-15H,2-8,10H2,1H3. The molecule has 0 radical (unpaired) electrons. The van der Waals surface area contributed by atoms with Crippen molar-refractivity contribution in [1.82, 2.24) is 0 Å². The molecular weight excluding hydrogens is 248 g/mol. The summed E-state index contributed by atoms with van der Waals surface area (Å²) < 4.78 is 23.4. The van der Waals surface area contributed by atoms with Gasteiger partial charge in [-0.1, -0.05) is 24.5 Å². The van der Waals surface area contributed by atoms with Crippen LogP contribution in [0.2, 0.25) is 0 Å². The van der Waals surface area contributed by atoms with Gasteiger partial charge in [0.2, 0.25) is 0 Å². The first-order valence-corrected chi connectivity index (χ1v) is 9.00. The predicted octanol–water partition coefficient (Wildman–Crippen LogP) is 2.45. The second kappa shape index (κ2) is 5.74. The number of aliphatic hydroxyl groups excluding tert-OH is 1. The molecule has 0 aliphatic heterocycles. The van der Waals surface area contributed by atoms with Crippen LogP contribution in [-0.4, -0.2) is 31.1 Å². The van der Waals surface area contributed by atoms with Gasteiger partial charge >= 0.3 is 0 Å². The van der Waals surface area contributed by atoms with Crippen molar-refractivity contribution >= 4 is 9.84 Å². The van der Waals surface area contributed by atoms with E-state index in [1.54, 1.807) is 0 Å². The summed E-state index contributed by atoms with van der Waals surface area (Å²) in [5.74, 6) is 0.381. The number of hydrogen-bond acceptors (Lipinski definition) is 3. The molecule has 0 aromatic rings. The smallest absolute Gasteiger partial charge is 0.150 e. The number of aliphatic hydroxyl groups is 1. The molecule has 2 aliphatic carbocycles. The van der Waals surface area contributed by atoms with Crippen LogP contribution >= 0.6 is 0 Å². The quantitative estimate of drug-likeness (QED) is 0.786. The minimum Gasteiger partial charge on any atom is -0.389 e. The summed E-state index contributed by atoms with van der Waals surface area (Å²) in [6.45, 7) is 0. The zero-order valence-corrected chi connectivity index (χ0v) is 12.0. The van der Waals surface area contributed by atoms with E-state index in [9.17, 15) is 13.5 Å². The van der Waals surface area contributed by atoms with Gasteiger partial charge < -0.3 is 5.11 Å². The molecule has 1 saturated carbocycles. The van der Waals surface area contributed by atoms with Gasteiger partial charge in [0.15, 0.2) is 0 Å². The molecule has 3 unspecified atom stereocenters. The van der Waals surface area contributed by atoms with Gasteiger partial charge in [0.25, 0.3) is 0 Å². The Balaban J connectivity index is 2.08. The molecule has 4 heteroatoms. The molecule has 2 aliphatic rings. The van der Waals surface area contributed by atoms with Crippen LogP contribution in [0.25, 0.3) is 0 Å². The molecule has 1 N–H and O–H groups in total. The number of rotatable bonds is 2. The van der Waals surface area contributed by atoms with Gasteiger partial charge in [-0.15, -0.1) is 0 Å². The van der Waals surface area contributed by atoms with Crippen molar-refractivity contribution in [2.24, 2.45) is 5.92 Å². The van der Waals surface area contributed by atoms with Crippen molar-refractivity contribution in [3.63, 3.8) is 0 Å². The Morgan fingerprint density at radius 2 is 1.94 bits per heavy atom. The first-order valence-electron chi connectivity index (χ1n) is 7.04. The maximum atomic E-state index is 11.7. The van der Waals surface area contributed by atoms with Gasteiger partial charge in [-0.2, -0.15) is 0 Å². The number of allylic oxidation sites excluding steroid dienone is 1. The van der Waals surface area contributed by atoms with Crippen LogP contribution in [0.1, 0.15) is 51.4 Å². The molecule has 0 aromatic carbocycles. The third kappa shape index (κ3) is 3.58. The highest BCUT2D eigenvalue weighted by molar-refractivity contribution is 7.91. The molecule has 0 amide bonds. The van der Waals surface area contributed by atoms with E-state index in [4.69, 9.17) is 0 Å². The Morgan fingerprint density at radius 1 is 1.17 bits per heavy atom. The lowest BCUT2D eigenvalue weighted by Crippen LogP contribution is -2.28. The van der Waals surface area contributed by atoms with E-state index < -0.39 is 9.84 Å². The van der Waals surface area contributed by atoms with Crippen LogP contribution in [0, 0.1) is 5.92 Å². The van der Waals surface area contributed by atoms with E-state index in [1.165, 1.54) is 11.8 Å². The highest BCUT2D eigenvalue weighted by Gasteiger charge is 2.30. The fourth-order valence-electron chi connectivity index (χ4n) is 3.31. The van der Waals surface area contributed by atoms with Gasteiger partial charge in [-0.05, 0) is 44.4 Å². The summed E-state index contributed by atoms with van der Waals surface area (Å²) in [5, 5.41) is 9.65. The second-order valence-corrected chi connectivity index (χ2v) is 8.20. The van der Waals surface area contributed by atoms with Crippen molar-refractivity contribution in [3.8, 4) is 0 Å². The van der Waals surface area contributed by atoms with Crippen LogP contribution in [0.15, 0.2) is 11.6 Å². The Labute approximate surface area is 110 Å². The summed E-state index contributed by atoms with van der Waals surface area (Å²) in [5.41, 5.74) is 1.31. The molecule has 0 bridgehead atoms. The van der Waals surface area contributed by atoms with Gasteiger partial charge in [-0.25, -0.2) is 8.42 Å². The lowest BCUT2D eigenvalue weighted by atomic mass is 9.81. The van der Waals surface area contributed by atoms with Gasteiger partial charge in [-0.3, -0.25) is 0 Å². The largest absolute Gasteiger partial charge is 0.389 e. The highest BCUT2D eigenvalue weighted by Crippen LogP contribution is 2.36. The fourth-order valence-corrected chi connectivity index (χ4v) is 4.48. The Bertz CT molecular complexity index is 411. The van der Waals surface area contributed by atoms with Gasteiger partial charge in [0, 0.05) is 6.26 Å². The Hall–Kier alpha value is -0.350. The normalized spacial score (nSPS) is 34.8. The monoisotopic (exact) mass is 272 g/mol. The maximum absolute atomic E-state index is 11.7. The molecule has 18 heavy (non-hydrogen) atoms. The van der Waals surface area contributed by atoms with Gasteiger partial charge in [0.05, 0.1) is 11.4 Å². The third-order valence-corrected chi connectivity index (χ3v) is 6.02. The van der Waals surface area contributed by atoms with E-state index in [-0.39, 0.29) is 11.4 Å². The van der Waals surface area contributed by atoms with Crippen LogP contribution in [0.4, 0.5) is 0 Å². The van der Waals surface area contributed by atoms with Crippen molar-refractivity contribution in [2.45, 2.75) is 62.7 Å². The van der Waals surface area contributed by atoms with Crippen molar-refractivity contribution in [3.05, 3.63) is 11.6 Å². The minimum absolute atomic E-state index is 0.169. The molecule has 0 heterocycles. The summed E-state index contributed by atoms with van der Waals surface area (Å²) in [6.07, 6.45) is 10.8. The van der Waals surface area contributed by atoms with E-state index in [0.717, 1.165) is 51.4 Å². The number of hydrogen-bond donors (Lipinski definition) is 1. The van der Waals surface area contributed by atoms with Crippen molar-refractivity contribution in [2.75, 3.05) is 6.26 Å². The minimum atomic E-state index is -2.91. The topological polar surface area (TPSA) is 54.4 Å². The first-order chi connectivity index (χ1) is 8.47. The van der Waals surface area contributed by atoms with E-state index in [0.29, 0.717) is 5.92 Å². The second-order valence-electron chi connectivity index (χ2n) is 5.87. The van der Waals surface area contributed by atoms with Crippen LogP contribution in [0.3, 0.4) is 0 Å². The summed E-state index contributed by atoms with van der Waals surface area (Å²) in [7, 11) is -2.91. The molecule has 2 rings (SSSR count). The van der Waals surface area contributed by atoms with Crippen LogP contribution in [-0.2, 0) is 9.84 Å². The maximum Gasteiger partial charge on any atom is 0.150 e. The summed E-state index contributed by atoms with van der Waals surface area (Å²) >= 11 is 0. The summed E-state index contributed by atoms with van der Waals surface area (Å²) in [4.78, 5) is 0. The Morgan fingerprint density at radius 3 is 2.67 bits per heavy atom. The van der Waals surface area contributed by atoms with Crippen LogP contribution in [0.5, 0.6) is 0 Å². The zero-order chi connectivity index (χ0) is 13.2. The highest BCUT2D eigenvalue weighted by atomic mass is 32.2. The van der Waals surface area contributed by atoms with Crippen LogP contribution < -0.4 is 0 Å². The summed E-state index contributed by atoms with van der Waals surface area (Å²) in [6, 6.07) is 0. The molecule has 1 fully saturated rings. The average Bonchev–Trinajstić information content (AvgIpc) is 2.53. The molecule has 104 valence electrons. The molecule has 3 atom stereocenters.